The fourth-order valence-corrected chi connectivity index (χ4v) is 3.29. The van der Waals surface area contributed by atoms with Gasteiger partial charge in [-0.15, -0.1) is 0 Å². The topological polar surface area (TPSA) is 103 Å². The van der Waals surface area contributed by atoms with Crippen LogP contribution in [0.5, 0.6) is 11.8 Å². The van der Waals surface area contributed by atoms with Gasteiger partial charge in [0.25, 0.3) is 0 Å². The molecular formula is C18H25N5O4. The van der Waals surface area contributed by atoms with Crippen LogP contribution in [0.25, 0.3) is 0 Å². The summed E-state index contributed by atoms with van der Waals surface area (Å²) >= 11 is 0. The fraction of sp³-hybridized carbons (Fsp3) is 0.556. The third-order valence-corrected chi connectivity index (χ3v) is 5.00. The minimum Gasteiger partial charge on any atom is -0.480 e. The van der Waals surface area contributed by atoms with Crippen molar-refractivity contribution >= 4 is 5.91 Å². The second-order valence-corrected chi connectivity index (χ2v) is 6.60. The van der Waals surface area contributed by atoms with Gasteiger partial charge in [-0.25, -0.2) is 9.97 Å². The smallest absolute Gasteiger partial charge is 0.241 e. The number of piperidine rings is 1. The van der Waals surface area contributed by atoms with Gasteiger partial charge in [0.15, 0.2) is 0 Å². The number of likely N-dealkylation sites (tertiary alicyclic amines) is 1. The van der Waals surface area contributed by atoms with Crippen molar-refractivity contribution in [3.05, 3.63) is 30.1 Å². The maximum atomic E-state index is 12.5. The molecule has 27 heavy (non-hydrogen) atoms. The molecule has 0 aliphatic carbocycles. The number of nitrogens with zero attached hydrogens (tertiary/aromatic N) is 5. The zero-order chi connectivity index (χ0) is 19.4. The van der Waals surface area contributed by atoms with E-state index in [1.165, 1.54) is 20.4 Å². The number of ether oxygens (including phenoxy) is 2. The summed E-state index contributed by atoms with van der Waals surface area (Å²) in [5.41, 5.74) is -0.797. The van der Waals surface area contributed by atoms with Crippen molar-refractivity contribution in [2.75, 3.05) is 27.3 Å². The second kappa shape index (κ2) is 7.91. The van der Waals surface area contributed by atoms with Gasteiger partial charge in [0.1, 0.15) is 17.1 Å². The summed E-state index contributed by atoms with van der Waals surface area (Å²) in [6.07, 6.45) is 6.21. The lowest BCUT2D eigenvalue weighted by Gasteiger charge is -2.38. The Morgan fingerprint density at radius 1 is 1.26 bits per heavy atom. The molecule has 1 aliphatic rings. The van der Waals surface area contributed by atoms with E-state index in [0.29, 0.717) is 50.5 Å². The van der Waals surface area contributed by atoms with E-state index in [0.717, 1.165) is 5.82 Å². The molecule has 3 heterocycles. The molecule has 1 N–H and O–H groups in total. The molecule has 2 aromatic rings. The summed E-state index contributed by atoms with van der Waals surface area (Å²) in [7, 11) is 2.97. The number of amides is 1. The van der Waals surface area contributed by atoms with E-state index in [9.17, 15) is 9.90 Å². The zero-order valence-corrected chi connectivity index (χ0v) is 15.9. The number of rotatable bonds is 6. The van der Waals surface area contributed by atoms with Gasteiger partial charge >= 0.3 is 0 Å². The van der Waals surface area contributed by atoms with E-state index in [-0.39, 0.29) is 11.8 Å². The van der Waals surface area contributed by atoms with Crippen molar-refractivity contribution < 1.29 is 19.4 Å². The fourth-order valence-electron chi connectivity index (χ4n) is 3.29. The first kappa shape index (κ1) is 19.1. The Balaban J connectivity index is 1.62. The molecule has 0 atom stereocenters. The van der Waals surface area contributed by atoms with Crippen LogP contribution in [-0.4, -0.2) is 62.7 Å². The van der Waals surface area contributed by atoms with Crippen molar-refractivity contribution in [1.82, 2.24) is 24.4 Å². The molecule has 3 rings (SSSR count). The quantitative estimate of drug-likeness (QED) is 0.800. The first-order valence-electron chi connectivity index (χ1n) is 8.90. The van der Waals surface area contributed by atoms with E-state index in [1.54, 1.807) is 11.1 Å². The van der Waals surface area contributed by atoms with E-state index in [1.807, 2.05) is 17.7 Å². The minimum absolute atomic E-state index is 0.0675. The predicted octanol–water partition coefficient (Wildman–Crippen LogP) is 0.899. The van der Waals surface area contributed by atoms with E-state index < -0.39 is 5.60 Å². The molecule has 146 valence electrons. The van der Waals surface area contributed by atoms with Crippen LogP contribution >= 0.6 is 0 Å². The summed E-state index contributed by atoms with van der Waals surface area (Å²) < 4.78 is 12.3. The lowest BCUT2D eigenvalue weighted by molar-refractivity contribution is -0.136. The standard InChI is InChI=1S/C18H25N5O4/c1-13-19-7-11-22(13)8-4-15(24)23-9-5-18(25,6-10-23)16-17(27-3)21-14(26-2)12-20-16/h7,11-12,25H,4-6,8-10H2,1-3H3. The van der Waals surface area contributed by atoms with Crippen LogP contribution in [0.15, 0.2) is 18.6 Å². The van der Waals surface area contributed by atoms with E-state index in [2.05, 4.69) is 15.0 Å². The summed E-state index contributed by atoms with van der Waals surface area (Å²) in [4.78, 5) is 26.9. The van der Waals surface area contributed by atoms with Gasteiger partial charge in [-0.3, -0.25) is 4.79 Å². The largest absolute Gasteiger partial charge is 0.480 e. The van der Waals surface area contributed by atoms with Crippen LogP contribution in [0.3, 0.4) is 0 Å². The predicted molar refractivity (Wildman–Crippen MR) is 96.4 cm³/mol. The summed E-state index contributed by atoms with van der Waals surface area (Å²) in [5.74, 6) is 1.52. The number of carbonyl (C=O) groups is 1. The molecule has 0 saturated carbocycles. The molecule has 1 amide bonds. The molecule has 9 heteroatoms. The number of carbonyl (C=O) groups excluding carboxylic acids is 1. The number of aromatic nitrogens is 4. The summed E-state index contributed by atoms with van der Waals surface area (Å²) in [6, 6.07) is 0. The van der Waals surface area contributed by atoms with Crippen molar-refractivity contribution in [2.45, 2.75) is 38.3 Å². The number of methoxy groups -OCH3 is 2. The van der Waals surface area contributed by atoms with Gasteiger partial charge in [0, 0.05) is 38.4 Å². The SMILES string of the molecule is COc1cnc(C2(O)CCN(C(=O)CCn3ccnc3C)CC2)c(OC)n1. The van der Waals surface area contributed by atoms with E-state index >= 15 is 0 Å². The number of imidazole rings is 1. The lowest BCUT2D eigenvalue weighted by atomic mass is 9.88. The van der Waals surface area contributed by atoms with Gasteiger partial charge in [0.2, 0.25) is 17.7 Å². The molecule has 1 saturated heterocycles. The average Bonchev–Trinajstić information content (AvgIpc) is 3.10. The molecular weight excluding hydrogens is 350 g/mol. The van der Waals surface area contributed by atoms with Crippen molar-refractivity contribution in [3.63, 3.8) is 0 Å². The van der Waals surface area contributed by atoms with Crippen LogP contribution in [-0.2, 0) is 16.9 Å². The van der Waals surface area contributed by atoms with Gasteiger partial charge in [-0.05, 0) is 19.8 Å². The Bertz CT molecular complexity index is 799. The van der Waals surface area contributed by atoms with Crippen LogP contribution in [0.2, 0.25) is 0 Å². The van der Waals surface area contributed by atoms with Gasteiger partial charge in [0.05, 0.1) is 20.4 Å². The van der Waals surface area contributed by atoms with Crippen molar-refractivity contribution in [3.8, 4) is 11.8 Å². The molecule has 2 aromatic heterocycles. The normalized spacial score (nSPS) is 16.2. The number of aliphatic hydroxyl groups is 1. The first-order valence-corrected chi connectivity index (χ1v) is 8.90. The van der Waals surface area contributed by atoms with Crippen molar-refractivity contribution in [2.24, 2.45) is 0 Å². The Morgan fingerprint density at radius 2 is 2.00 bits per heavy atom. The average molecular weight is 375 g/mol. The van der Waals surface area contributed by atoms with Crippen LogP contribution in [0.4, 0.5) is 0 Å². The Morgan fingerprint density at radius 3 is 2.59 bits per heavy atom. The maximum Gasteiger partial charge on any atom is 0.241 e. The van der Waals surface area contributed by atoms with Crippen molar-refractivity contribution in [1.29, 1.82) is 0 Å². The highest BCUT2D eigenvalue weighted by atomic mass is 16.5. The third kappa shape index (κ3) is 4.02. The zero-order valence-electron chi connectivity index (χ0n) is 15.9. The van der Waals surface area contributed by atoms with Crippen LogP contribution < -0.4 is 9.47 Å². The van der Waals surface area contributed by atoms with Crippen LogP contribution in [0.1, 0.15) is 30.8 Å². The molecule has 1 fully saturated rings. The molecule has 1 aliphatic heterocycles. The summed E-state index contributed by atoms with van der Waals surface area (Å²) in [5, 5.41) is 11.1. The second-order valence-electron chi connectivity index (χ2n) is 6.60. The summed E-state index contributed by atoms with van der Waals surface area (Å²) in [6.45, 7) is 3.42. The highest BCUT2D eigenvalue weighted by Gasteiger charge is 2.39. The first-order chi connectivity index (χ1) is 13.0. The monoisotopic (exact) mass is 375 g/mol. The van der Waals surface area contributed by atoms with Gasteiger partial charge < -0.3 is 24.0 Å². The molecule has 0 spiro atoms. The molecule has 9 nitrogen and oxygen atoms in total. The number of aryl methyl sites for hydroxylation is 2. The maximum absolute atomic E-state index is 12.5. The highest BCUT2D eigenvalue weighted by molar-refractivity contribution is 5.76. The minimum atomic E-state index is -1.18. The number of hydrogen-bond acceptors (Lipinski definition) is 7. The number of hydrogen-bond donors (Lipinski definition) is 1. The Kier molecular flexibility index (Phi) is 5.59. The molecule has 0 bridgehead atoms. The Labute approximate surface area is 158 Å². The van der Waals surface area contributed by atoms with Gasteiger partial charge in [-0.1, -0.05) is 0 Å². The third-order valence-electron chi connectivity index (χ3n) is 5.00. The molecule has 0 aromatic carbocycles. The highest BCUT2D eigenvalue weighted by Crippen LogP contribution is 2.36. The lowest BCUT2D eigenvalue weighted by Crippen LogP contribution is -2.45. The van der Waals surface area contributed by atoms with Gasteiger partial charge in [-0.2, -0.15) is 4.98 Å². The molecule has 0 radical (unpaired) electrons. The molecule has 0 unspecified atom stereocenters. The Hall–Kier alpha value is -2.68. The van der Waals surface area contributed by atoms with Crippen LogP contribution in [0, 0.1) is 6.92 Å². The van der Waals surface area contributed by atoms with E-state index in [4.69, 9.17) is 9.47 Å².